The molecule has 31 heavy (non-hydrogen) atoms. The third-order valence-electron chi connectivity index (χ3n) is 9.94. The summed E-state index contributed by atoms with van der Waals surface area (Å²) in [5, 5.41) is 0. The molecular formula is C25H50BSi5. The highest BCUT2D eigenvalue weighted by molar-refractivity contribution is 7.49. The number of benzene rings is 1. The van der Waals surface area contributed by atoms with Crippen LogP contribution in [0.1, 0.15) is 29.5 Å². The van der Waals surface area contributed by atoms with Crippen molar-refractivity contribution in [3.05, 3.63) is 28.8 Å². The topological polar surface area (TPSA) is 0 Å². The van der Waals surface area contributed by atoms with E-state index in [1.807, 2.05) is 5.46 Å². The zero-order chi connectivity index (χ0) is 24.0. The Balaban J connectivity index is 2.44. The summed E-state index contributed by atoms with van der Waals surface area (Å²) < 4.78 is 1.54. The lowest BCUT2D eigenvalue weighted by atomic mass is 9.65. The molecule has 173 valence electrons. The Morgan fingerprint density at radius 2 is 1.23 bits per heavy atom. The molecule has 2 aliphatic rings. The van der Waals surface area contributed by atoms with Crippen LogP contribution in [0.15, 0.2) is 12.1 Å². The van der Waals surface area contributed by atoms with Gasteiger partial charge >= 0.3 is 0 Å². The van der Waals surface area contributed by atoms with Gasteiger partial charge in [0.15, 0.2) is 6.31 Å². The Hall–Kier alpha value is 0.369. The Bertz CT molecular complexity index is 834. The predicted molar refractivity (Wildman–Crippen MR) is 159 cm³/mol. The van der Waals surface area contributed by atoms with Crippen LogP contribution >= 0.6 is 0 Å². The lowest BCUT2D eigenvalue weighted by Crippen LogP contribution is -2.70. The van der Waals surface area contributed by atoms with E-state index in [4.69, 9.17) is 0 Å². The van der Waals surface area contributed by atoms with E-state index < -0.39 is 41.0 Å². The summed E-state index contributed by atoms with van der Waals surface area (Å²) in [6, 6.07) is 5.01. The summed E-state index contributed by atoms with van der Waals surface area (Å²) >= 11 is 0. The van der Waals surface area contributed by atoms with Crippen molar-refractivity contribution in [3.63, 3.8) is 0 Å². The van der Waals surface area contributed by atoms with Crippen molar-refractivity contribution < 1.29 is 0 Å². The largest absolute Gasteiger partial charge is 0.164 e. The SMILES string of the molecule is Cc1cc(C)c(B2C[Si](C)(C)C3([Si](C)(C)C)CCC([Si](C)(C)C)([Si](C)(C)C)[Si]23)c(C)c1. The fourth-order valence-electron chi connectivity index (χ4n) is 9.56. The summed E-state index contributed by atoms with van der Waals surface area (Å²) in [4.78, 5) is 0. The molecule has 1 aromatic rings. The minimum atomic E-state index is -1.36. The fraction of sp³-hybridized carbons (Fsp3) is 0.760. The van der Waals surface area contributed by atoms with Gasteiger partial charge in [0.1, 0.15) is 0 Å². The summed E-state index contributed by atoms with van der Waals surface area (Å²) in [5.41, 5.74) is 6.50. The molecule has 6 heteroatoms. The van der Waals surface area contributed by atoms with E-state index in [2.05, 4.69) is 105 Å². The molecule has 1 radical (unpaired) electrons. The first-order chi connectivity index (χ1) is 13.7. The van der Waals surface area contributed by atoms with Crippen LogP contribution in [0.25, 0.3) is 0 Å². The van der Waals surface area contributed by atoms with E-state index in [-0.39, 0.29) is 0 Å². The maximum atomic E-state index is 2.85. The van der Waals surface area contributed by atoms with Crippen LogP contribution in [-0.2, 0) is 0 Å². The normalized spacial score (nSPS) is 26.5. The first-order valence-electron chi connectivity index (χ1n) is 12.7. The van der Waals surface area contributed by atoms with E-state index in [0.29, 0.717) is 0 Å². The van der Waals surface area contributed by atoms with Gasteiger partial charge in [-0.2, -0.15) is 0 Å². The molecule has 0 spiro atoms. The zero-order valence-electron chi connectivity index (χ0n) is 23.4. The van der Waals surface area contributed by atoms with Gasteiger partial charge in [-0.05, 0) is 29.3 Å². The minimum absolute atomic E-state index is 0.554. The van der Waals surface area contributed by atoms with Crippen molar-refractivity contribution in [1.29, 1.82) is 0 Å². The second-order valence-electron chi connectivity index (χ2n) is 14.9. The van der Waals surface area contributed by atoms with Gasteiger partial charge in [-0.25, -0.2) is 0 Å². The number of hydrogen-bond acceptors (Lipinski definition) is 0. The molecule has 0 N–H and O–H groups in total. The van der Waals surface area contributed by atoms with Gasteiger partial charge in [-0.3, -0.25) is 0 Å². The van der Waals surface area contributed by atoms with Gasteiger partial charge in [0.2, 0.25) is 0 Å². The van der Waals surface area contributed by atoms with Crippen molar-refractivity contribution in [2.24, 2.45) is 0 Å². The fourth-order valence-corrected chi connectivity index (χ4v) is 56.9. The highest BCUT2D eigenvalue weighted by atomic mass is 28.5. The predicted octanol–water partition coefficient (Wildman–Crippen LogP) is 7.59. The van der Waals surface area contributed by atoms with Crippen LogP contribution in [0.4, 0.5) is 0 Å². The van der Waals surface area contributed by atoms with Gasteiger partial charge in [-0.1, -0.05) is 125 Å². The quantitative estimate of drug-likeness (QED) is 0.373. The molecule has 0 amide bonds. The summed E-state index contributed by atoms with van der Waals surface area (Å²) in [5.74, 6) is 1.58. The van der Waals surface area contributed by atoms with Gasteiger partial charge in [0.05, 0.1) is 0 Å². The molecule has 3 rings (SSSR count). The number of fused-ring (bicyclic) bond motifs is 1. The monoisotopic (exact) mass is 501 g/mol. The van der Waals surface area contributed by atoms with Gasteiger partial charge in [0.25, 0.3) is 0 Å². The maximum absolute atomic E-state index is 2.85. The van der Waals surface area contributed by atoms with Crippen LogP contribution in [0.2, 0.25) is 86.5 Å². The van der Waals surface area contributed by atoms with Gasteiger partial charge in [-0.15, -0.1) is 0 Å². The lowest BCUT2D eigenvalue weighted by molar-refractivity contribution is 0.762. The molecule has 0 nitrogen and oxygen atoms in total. The highest BCUT2D eigenvalue weighted by Crippen LogP contribution is 2.74. The number of hydrogen-bond donors (Lipinski definition) is 0. The molecule has 0 aromatic heterocycles. The van der Waals surface area contributed by atoms with E-state index >= 15 is 0 Å². The van der Waals surface area contributed by atoms with E-state index in [1.54, 1.807) is 29.9 Å². The van der Waals surface area contributed by atoms with E-state index in [1.165, 1.54) is 5.56 Å². The van der Waals surface area contributed by atoms with E-state index in [0.717, 1.165) is 14.9 Å². The first-order valence-corrected chi connectivity index (χ1v) is 28.0. The van der Waals surface area contributed by atoms with Crippen LogP contribution in [0, 0.1) is 20.8 Å². The molecular weight excluding hydrogens is 452 g/mol. The van der Waals surface area contributed by atoms with Gasteiger partial charge in [0, 0.05) is 41.0 Å². The standard InChI is InChI=1S/C25H50BSi5/c1-20-17-21(2)23(22(3)18-20)26-19-31(13,14)25(30(10,11)12)16-15-24(27(25)26,28(4,5)6)29(7,8)9/h17-18H,15-16,19H2,1-14H3. The number of rotatable bonds is 4. The molecule has 1 unspecified atom stereocenters. The molecule has 1 atom stereocenters. The first kappa shape index (κ1) is 26.0. The molecule has 0 saturated carbocycles. The van der Waals surface area contributed by atoms with Crippen LogP contribution < -0.4 is 5.46 Å². The van der Waals surface area contributed by atoms with Gasteiger partial charge < -0.3 is 0 Å². The second kappa shape index (κ2) is 7.43. The zero-order valence-corrected chi connectivity index (χ0v) is 28.4. The second-order valence-corrected chi connectivity index (χ2v) is 42.2. The molecule has 0 bridgehead atoms. The van der Waals surface area contributed by atoms with Crippen molar-refractivity contribution in [1.82, 2.24) is 0 Å². The average Bonchev–Trinajstić information content (AvgIpc) is 2.99. The Labute approximate surface area is 201 Å². The van der Waals surface area contributed by atoms with Crippen molar-refractivity contribution in [3.8, 4) is 0 Å². The lowest BCUT2D eigenvalue weighted by Gasteiger charge is -2.59. The summed E-state index contributed by atoms with van der Waals surface area (Å²) in [7, 11) is -5.94. The van der Waals surface area contributed by atoms with Crippen molar-refractivity contribution in [2.75, 3.05) is 0 Å². The molecule has 2 aliphatic heterocycles. The van der Waals surface area contributed by atoms with Crippen molar-refractivity contribution in [2.45, 2.75) is 120 Å². The molecule has 0 aliphatic carbocycles. The average molecular weight is 502 g/mol. The Morgan fingerprint density at radius 3 is 1.61 bits per heavy atom. The maximum Gasteiger partial charge on any atom is 0.164 e. The molecule has 1 aromatic carbocycles. The van der Waals surface area contributed by atoms with Crippen LogP contribution in [0.3, 0.4) is 0 Å². The molecule has 2 heterocycles. The Morgan fingerprint density at radius 1 is 0.774 bits per heavy atom. The van der Waals surface area contributed by atoms with Crippen molar-refractivity contribution >= 4 is 52.7 Å². The summed E-state index contributed by atoms with van der Waals surface area (Å²) in [6.07, 6.45) is 4.10. The van der Waals surface area contributed by atoms with Crippen LogP contribution in [-0.4, -0.2) is 47.3 Å². The number of aryl methyl sites for hydroxylation is 3. The Kier molecular flexibility index (Phi) is 6.23. The van der Waals surface area contributed by atoms with E-state index in [9.17, 15) is 0 Å². The highest BCUT2D eigenvalue weighted by Gasteiger charge is 2.78. The minimum Gasteiger partial charge on any atom is -0.0778 e. The molecule has 2 saturated heterocycles. The molecule has 2 fully saturated rings. The smallest absolute Gasteiger partial charge is 0.0778 e. The third-order valence-corrected chi connectivity index (χ3v) is 47.1. The third kappa shape index (κ3) is 3.43. The summed E-state index contributed by atoms with van der Waals surface area (Å²) in [6.45, 7) is 37.9. The van der Waals surface area contributed by atoms with Crippen LogP contribution in [0.5, 0.6) is 0 Å².